The average Bonchev–Trinajstić information content (AvgIpc) is 3.38. The maximum Gasteiger partial charge on any atom is 0.348 e. The number of fused-ring (bicyclic) bond motifs is 1. The minimum absolute atomic E-state index is 0.120. The van der Waals surface area contributed by atoms with Gasteiger partial charge in [-0.1, -0.05) is 30.3 Å². The van der Waals surface area contributed by atoms with Crippen molar-refractivity contribution in [3.05, 3.63) is 84.8 Å². The van der Waals surface area contributed by atoms with Crippen LogP contribution in [0.5, 0.6) is 0 Å². The van der Waals surface area contributed by atoms with Crippen molar-refractivity contribution in [3.63, 3.8) is 0 Å². The monoisotopic (exact) mass is 413 g/mol. The van der Waals surface area contributed by atoms with Gasteiger partial charge in [-0.25, -0.2) is 14.0 Å². The number of benzene rings is 1. The summed E-state index contributed by atoms with van der Waals surface area (Å²) in [5, 5.41) is 0.327. The van der Waals surface area contributed by atoms with E-state index in [4.69, 9.17) is 4.74 Å². The lowest BCUT2D eigenvalue weighted by atomic mass is 10.2. The van der Waals surface area contributed by atoms with Gasteiger partial charge < -0.3 is 4.74 Å². The lowest BCUT2D eigenvalue weighted by molar-refractivity contribution is 0.0482. The predicted molar refractivity (Wildman–Crippen MR) is 108 cm³/mol. The van der Waals surface area contributed by atoms with E-state index >= 15 is 0 Å². The topological polar surface area (TPSA) is 83.2 Å². The van der Waals surface area contributed by atoms with Gasteiger partial charge in [-0.2, -0.15) is 0 Å². The number of thiophene rings is 1. The van der Waals surface area contributed by atoms with Crippen molar-refractivity contribution < 1.29 is 9.53 Å². The largest absolute Gasteiger partial charge is 0.456 e. The predicted octanol–water partition coefficient (Wildman–Crippen LogP) is 2.62. The number of hydrogen-bond acceptors (Lipinski definition) is 7. The number of nitrogens with zero attached hydrogens (tertiary/aromatic N) is 3. The number of aryl methyl sites for hydroxylation is 1. The Kier molecular flexibility index (Phi) is 4.93. The minimum atomic E-state index is -0.531. The highest BCUT2D eigenvalue weighted by Crippen LogP contribution is 2.23. The Hall–Kier alpha value is -3.04. The summed E-state index contributed by atoms with van der Waals surface area (Å²) in [6, 6.07) is 12.6. The molecule has 0 aliphatic rings. The SMILES string of the molecule is Cn1c(=O)n(Cc2ccccc2)c(=O)c2cc(C(=O)OCc3ccns3)sc21. The molecule has 0 aliphatic heterocycles. The smallest absolute Gasteiger partial charge is 0.348 e. The zero-order valence-corrected chi connectivity index (χ0v) is 16.5. The van der Waals surface area contributed by atoms with E-state index in [0.29, 0.717) is 10.2 Å². The number of rotatable bonds is 5. The normalized spacial score (nSPS) is 11.0. The van der Waals surface area contributed by atoms with Gasteiger partial charge in [-0.15, -0.1) is 11.3 Å². The van der Waals surface area contributed by atoms with Crippen LogP contribution < -0.4 is 11.2 Å². The van der Waals surface area contributed by atoms with Gasteiger partial charge in [-0.3, -0.25) is 13.9 Å². The zero-order chi connectivity index (χ0) is 19.7. The van der Waals surface area contributed by atoms with E-state index in [1.165, 1.54) is 26.7 Å². The summed E-state index contributed by atoms with van der Waals surface area (Å²) in [5.41, 5.74) is 0.00737. The Morgan fingerprint density at radius 1 is 1.18 bits per heavy atom. The number of hydrogen-bond donors (Lipinski definition) is 0. The second-order valence-electron chi connectivity index (χ2n) is 6.10. The van der Waals surface area contributed by atoms with E-state index in [2.05, 4.69) is 4.37 Å². The van der Waals surface area contributed by atoms with Gasteiger partial charge in [0, 0.05) is 13.2 Å². The number of carbonyl (C=O) groups excluding carboxylic acids is 1. The molecule has 0 fully saturated rings. The molecule has 0 atom stereocenters. The van der Waals surface area contributed by atoms with Crippen molar-refractivity contribution in [2.45, 2.75) is 13.2 Å². The summed E-state index contributed by atoms with van der Waals surface area (Å²) < 4.78 is 11.8. The van der Waals surface area contributed by atoms with E-state index in [-0.39, 0.29) is 18.0 Å². The van der Waals surface area contributed by atoms with E-state index in [1.807, 2.05) is 30.3 Å². The molecule has 0 spiro atoms. The summed E-state index contributed by atoms with van der Waals surface area (Å²) in [6.45, 7) is 0.290. The molecule has 3 aromatic heterocycles. The number of esters is 1. The molecule has 3 heterocycles. The Morgan fingerprint density at radius 2 is 1.96 bits per heavy atom. The van der Waals surface area contributed by atoms with E-state index < -0.39 is 17.2 Å². The van der Waals surface area contributed by atoms with E-state index in [1.54, 1.807) is 19.3 Å². The third-order valence-electron chi connectivity index (χ3n) is 4.23. The summed E-state index contributed by atoms with van der Waals surface area (Å²) in [4.78, 5) is 39.5. The third kappa shape index (κ3) is 3.41. The average molecular weight is 413 g/mol. The molecule has 9 heteroatoms. The standard InChI is InChI=1S/C19H15N3O4S2/c1-21-17-14(9-15(27-17)18(24)26-11-13-7-8-20-28-13)16(23)22(19(21)25)10-12-5-3-2-4-6-12/h2-9H,10-11H2,1H3. The van der Waals surface area contributed by atoms with Crippen LogP contribution in [0.25, 0.3) is 10.2 Å². The highest BCUT2D eigenvalue weighted by atomic mass is 32.1. The van der Waals surface area contributed by atoms with Crippen molar-refractivity contribution in [1.29, 1.82) is 0 Å². The van der Waals surface area contributed by atoms with Crippen LogP contribution in [0.3, 0.4) is 0 Å². The van der Waals surface area contributed by atoms with Gasteiger partial charge in [0.2, 0.25) is 0 Å². The Bertz CT molecular complexity index is 1250. The Balaban J connectivity index is 1.70. The highest BCUT2D eigenvalue weighted by molar-refractivity contribution is 7.20. The summed E-state index contributed by atoms with van der Waals surface area (Å²) >= 11 is 2.33. The molecule has 7 nitrogen and oxygen atoms in total. The fourth-order valence-corrected chi connectivity index (χ4v) is 4.30. The van der Waals surface area contributed by atoms with Crippen LogP contribution in [0, 0.1) is 0 Å². The summed E-state index contributed by atoms with van der Waals surface area (Å²) in [6.07, 6.45) is 1.64. The van der Waals surface area contributed by atoms with Crippen LogP contribution in [-0.2, 0) is 24.9 Å². The first-order valence-corrected chi connectivity index (χ1v) is 9.97. The molecule has 1 aromatic carbocycles. The van der Waals surface area contributed by atoms with E-state index in [9.17, 15) is 14.4 Å². The zero-order valence-electron chi connectivity index (χ0n) is 14.8. The molecule has 0 unspecified atom stereocenters. The highest BCUT2D eigenvalue weighted by Gasteiger charge is 2.19. The lowest BCUT2D eigenvalue weighted by Gasteiger charge is -2.08. The van der Waals surface area contributed by atoms with Crippen LogP contribution in [0.1, 0.15) is 20.1 Å². The first kappa shape index (κ1) is 18.3. The molecule has 0 amide bonds. The quantitative estimate of drug-likeness (QED) is 0.470. The fourth-order valence-electron chi connectivity index (χ4n) is 2.81. The Labute approximate surface area is 167 Å². The molecule has 142 valence electrons. The molecular formula is C19H15N3O4S2. The maximum atomic E-state index is 12.9. The van der Waals surface area contributed by atoms with Crippen LogP contribution in [0.4, 0.5) is 0 Å². The van der Waals surface area contributed by atoms with Crippen molar-refractivity contribution in [3.8, 4) is 0 Å². The number of carbonyl (C=O) groups is 1. The van der Waals surface area contributed by atoms with Gasteiger partial charge >= 0.3 is 11.7 Å². The van der Waals surface area contributed by atoms with Gasteiger partial charge in [-0.05, 0) is 29.2 Å². The minimum Gasteiger partial charge on any atom is -0.456 e. The van der Waals surface area contributed by atoms with Gasteiger partial charge in [0.1, 0.15) is 16.3 Å². The van der Waals surface area contributed by atoms with Crippen molar-refractivity contribution in [2.24, 2.45) is 7.05 Å². The lowest BCUT2D eigenvalue weighted by Crippen LogP contribution is -2.38. The van der Waals surface area contributed by atoms with Gasteiger partial charge in [0.05, 0.1) is 16.8 Å². The molecule has 0 N–H and O–H groups in total. The summed E-state index contributed by atoms with van der Waals surface area (Å²) in [7, 11) is 1.59. The van der Waals surface area contributed by atoms with E-state index in [0.717, 1.165) is 21.8 Å². The maximum absolute atomic E-state index is 12.9. The molecule has 0 bridgehead atoms. The van der Waals surface area contributed by atoms with Crippen LogP contribution in [-0.4, -0.2) is 19.5 Å². The van der Waals surface area contributed by atoms with Crippen molar-refractivity contribution in [2.75, 3.05) is 0 Å². The molecule has 0 aliphatic carbocycles. The van der Waals surface area contributed by atoms with Crippen LogP contribution >= 0.6 is 22.9 Å². The molecule has 4 rings (SSSR count). The molecule has 0 saturated carbocycles. The van der Waals surface area contributed by atoms with Crippen LogP contribution in [0.2, 0.25) is 0 Å². The molecule has 28 heavy (non-hydrogen) atoms. The van der Waals surface area contributed by atoms with Crippen molar-refractivity contribution >= 4 is 39.1 Å². The second kappa shape index (κ2) is 7.53. The van der Waals surface area contributed by atoms with Crippen LogP contribution in [0.15, 0.2) is 58.3 Å². The van der Waals surface area contributed by atoms with Crippen molar-refractivity contribution in [1.82, 2.24) is 13.5 Å². The number of aromatic nitrogens is 3. The first-order chi connectivity index (χ1) is 13.5. The molecule has 0 radical (unpaired) electrons. The number of ether oxygens (including phenoxy) is 1. The third-order valence-corrected chi connectivity index (χ3v) is 6.14. The molecular weight excluding hydrogens is 398 g/mol. The van der Waals surface area contributed by atoms with Gasteiger partial charge in [0.15, 0.2) is 0 Å². The second-order valence-corrected chi connectivity index (χ2v) is 8.05. The molecule has 4 aromatic rings. The summed E-state index contributed by atoms with van der Waals surface area (Å²) in [5.74, 6) is -0.531. The van der Waals surface area contributed by atoms with Gasteiger partial charge in [0.25, 0.3) is 5.56 Å². The molecule has 0 saturated heterocycles. The fraction of sp³-hybridized carbons (Fsp3) is 0.158. The first-order valence-electron chi connectivity index (χ1n) is 8.38. The Morgan fingerprint density at radius 3 is 2.68 bits per heavy atom.